The smallest absolute Gasteiger partial charge is 0.0860 e. The first-order valence-electron chi connectivity index (χ1n) is 5.55. The van der Waals surface area contributed by atoms with E-state index in [1.54, 1.807) is 0 Å². The van der Waals surface area contributed by atoms with E-state index in [1.165, 1.54) is 0 Å². The van der Waals surface area contributed by atoms with E-state index in [4.69, 9.17) is 11.6 Å². The summed E-state index contributed by atoms with van der Waals surface area (Å²) in [6, 6.07) is 0. The Balaban J connectivity index is 2.59. The van der Waals surface area contributed by atoms with Crippen LogP contribution in [-0.4, -0.2) is 27.8 Å². The van der Waals surface area contributed by atoms with Gasteiger partial charge in [-0.2, -0.15) is 16.9 Å². The van der Waals surface area contributed by atoms with Crippen LogP contribution in [0.25, 0.3) is 0 Å². The van der Waals surface area contributed by atoms with E-state index >= 15 is 0 Å². The summed E-state index contributed by atoms with van der Waals surface area (Å²) in [5.41, 5.74) is 2.01. The maximum absolute atomic E-state index is 6.21. The van der Waals surface area contributed by atoms with Gasteiger partial charge >= 0.3 is 0 Å². The lowest BCUT2D eigenvalue weighted by Gasteiger charge is -2.10. The molecule has 5 heteroatoms. The minimum absolute atomic E-state index is 0.623. The first kappa shape index (κ1) is 13.9. The molecular formula is C11H20ClN3S. The molecule has 0 saturated carbocycles. The molecule has 1 heterocycles. The highest BCUT2D eigenvalue weighted by atomic mass is 35.5. The highest BCUT2D eigenvalue weighted by Crippen LogP contribution is 2.20. The fourth-order valence-electron chi connectivity index (χ4n) is 1.52. The van der Waals surface area contributed by atoms with Gasteiger partial charge in [0.05, 0.1) is 16.4 Å². The summed E-state index contributed by atoms with van der Waals surface area (Å²) in [6.45, 7) is 8.88. The van der Waals surface area contributed by atoms with Crippen LogP contribution in [0.3, 0.4) is 0 Å². The van der Waals surface area contributed by atoms with Crippen LogP contribution in [0.4, 0.5) is 0 Å². The molecule has 0 amide bonds. The zero-order valence-electron chi connectivity index (χ0n) is 10.4. The number of hydrogen-bond donors (Lipinski definition) is 1. The average Bonchev–Trinajstić information content (AvgIpc) is 2.56. The molecule has 0 aromatic carbocycles. The van der Waals surface area contributed by atoms with Crippen molar-refractivity contribution in [3.8, 4) is 0 Å². The molecule has 0 fully saturated rings. The Morgan fingerprint density at radius 3 is 2.81 bits per heavy atom. The predicted octanol–water partition coefficient (Wildman–Crippen LogP) is 2.71. The zero-order valence-corrected chi connectivity index (χ0v) is 12.0. The highest BCUT2D eigenvalue weighted by molar-refractivity contribution is 7.99. The molecule has 0 aliphatic heterocycles. The average molecular weight is 262 g/mol. The normalized spacial score (nSPS) is 13.1. The predicted molar refractivity (Wildman–Crippen MR) is 72.3 cm³/mol. The largest absolute Gasteiger partial charge is 0.310 e. The van der Waals surface area contributed by atoms with Crippen molar-refractivity contribution in [1.82, 2.24) is 15.1 Å². The molecule has 0 radical (unpaired) electrons. The number of aromatic nitrogens is 2. The summed E-state index contributed by atoms with van der Waals surface area (Å²) in [6.07, 6.45) is 2.12. The summed E-state index contributed by atoms with van der Waals surface area (Å²) in [4.78, 5) is 0. The van der Waals surface area contributed by atoms with E-state index < -0.39 is 0 Å². The first-order chi connectivity index (χ1) is 7.60. The Labute approximate surface area is 107 Å². The van der Waals surface area contributed by atoms with Gasteiger partial charge in [-0.05, 0) is 20.1 Å². The van der Waals surface area contributed by atoms with Gasteiger partial charge in [0.25, 0.3) is 0 Å². The molecule has 1 atom stereocenters. The van der Waals surface area contributed by atoms with Crippen molar-refractivity contribution in [2.75, 3.05) is 12.8 Å². The van der Waals surface area contributed by atoms with Crippen LogP contribution >= 0.6 is 23.4 Å². The monoisotopic (exact) mass is 261 g/mol. The number of hydrogen-bond acceptors (Lipinski definition) is 3. The SMILES string of the molecule is CCn1nc(C)c(Cl)c1CNCC(C)SC. The fraction of sp³-hybridized carbons (Fsp3) is 0.727. The van der Waals surface area contributed by atoms with Crippen molar-refractivity contribution in [3.05, 3.63) is 16.4 Å². The van der Waals surface area contributed by atoms with Crippen LogP contribution in [0, 0.1) is 6.92 Å². The molecule has 0 aliphatic carbocycles. The molecule has 0 saturated heterocycles. The first-order valence-corrected chi connectivity index (χ1v) is 7.22. The molecule has 1 aromatic rings. The summed E-state index contributed by atoms with van der Waals surface area (Å²) < 4.78 is 1.97. The van der Waals surface area contributed by atoms with Crippen LogP contribution in [0.1, 0.15) is 25.2 Å². The molecule has 1 rings (SSSR count). The van der Waals surface area contributed by atoms with Gasteiger partial charge in [-0.3, -0.25) is 4.68 Å². The van der Waals surface area contributed by atoms with Crippen molar-refractivity contribution in [2.24, 2.45) is 0 Å². The van der Waals surface area contributed by atoms with E-state index in [2.05, 4.69) is 30.5 Å². The van der Waals surface area contributed by atoms with Gasteiger partial charge < -0.3 is 5.32 Å². The second-order valence-electron chi connectivity index (χ2n) is 3.84. The van der Waals surface area contributed by atoms with Crippen molar-refractivity contribution >= 4 is 23.4 Å². The molecule has 0 spiro atoms. The van der Waals surface area contributed by atoms with Gasteiger partial charge in [0.1, 0.15) is 0 Å². The Morgan fingerprint density at radius 2 is 2.25 bits per heavy atom. The van der Waals surface area contributed by atoms with E-state index in [0.29, 0.717) is 5.25 Å². The topological polar surface area (TPSA) is 29.9 Å². The van der Waals surface area contributed by atoms with Gasteiger partial charge in [-0.25, -0.2) is 0 Å². The molecular weight excluding hydrogens is 242 g/mol. The summed E-state index contributed by atoms with van der Waals surface area (Å²) >= 11 is 8.07. The maximum Gasteiger partial charge on any atom is 0.0860 e. The fourth-order valence-corrected chi connectivity index (χ4v) is 2.00. The van der Waals surface area contributed by atoms with Gasteiger partial charge in [-0.1, -0.05) is 18.5 Å². The molecule has 1 unspecified atom stereocenters. The Morgan fingerprint density at radius 1 is 1.56 bits per heavy atom. The minimum Gasteiger partial charge on any atom is -0.310 e. The van der Waals surface area contributed by atoms with Crippen LogP contribution in [-0.2, 0) is 13.1 Å². The van der Waals surface area contributed by atoms with Crippen LogP contribution in [0.5, 0.6) is 0 Å². The van der Waals surface area contributed by atoms with E-state index in [0.717, 1.165) is 36.0 Å². The third-order valence-electron chi connectivity index (χ3n) is 2.58. The molecule has 1 N–H and O–H groups in total. The Bertz CT molecular complexity index is 338. The lowest BCUT2D eigenvalue weighted by Crippen LogP contribution is -2.23. The van der Waals surface area contributed by atoms with E-state index in [-0.39, 0.29) is 0 Å². The van der Waals surface area contributed by atoms with Gasteiger partial charge in [0.2, 0.25) is 0 Å². The number of nitrogens with one attached hydrogen (secondary N) is 1. The van der Waals surface area contributed by atoms with E-state index in [1.807, 2.05) is 23.4 Å². The summed E-state index contributed by atoms with van der Waals surface area (Å²) in [5, 5.41) is 9.22. The lowest BCUT2D eigenvalue weighted by molar-refractivity contribution is 0.579. The van der Waals surface area contributed by atoms with Crippen LogP contribution in [0.2, 0.25) is 5.02 Å². The van der Waals surface area contributed by atoms with Gasteiger partial charge in [0.15, 0.2) is 0 Å². The third-order valence-corrected chi connectivity index (χ3v) is 4.04. The van der Waals surface area contributed by atoms with Crippen molar-refractivity contribution < 1.29 is 0 Å². The molecule has 3 nitrogen and oxygen atoms in total. The number of thioether (sulfide) groups is 1. The minimum atomic E-state index is 0.623. The second-order valence-corrected chi connectivity index (χ2v) is 5.49. The quantitative estimate of drug-likeness (QED) is 0.854. The summed E-state index contributed by atoms with van der Waals surface area (Å²) in [5.74, 6) is 0. The standard InChI is InChI=1S/C11H20ClN3S/c1-5-15-10(11(12)9(3)14-15)7-13-6-8(2)16-4/h8,13H,5-7H2,1-4H3. The number of halogens is 1. The molecule has 92 valence electrons. The van der Waals surface area contributed by atoms with E-state index in [9.17, 15) is 0 Å². The molecule has 16 heavy (non-hydrogen) atoms. The Hall–Kier alpha value is -0.190. The lowest BCUT2D eigenvalue weighted by atomic mass is 10.3. The van der Waals surface area contributed by atoms with Crippen LogP contribution < -0.4 is 5.32 Å². The van der Waals surface area contributed by atoms with Crippen molar-refractivity contribution in [3.63, 3.8) is 0 Å². The van der Waals surface area contributed by atoms with Crippen LogP contribution in [0.15, 0.2) is 0 Å². The molecule has 0 bridgehead atoms. The second kappa shape index (κ2) is 6.52. The van der Waals surface area contributed by atoms with Gasteiger partial charge in [0, 0.05) is 24.9 Å². The Kier molecular flexibility index (Phi) is 5.66. The number of aryl methyl sites for hydroxylation is 2. The highest BCUT2D eigenvalue weighted by Gasteiger charge is 2.11. The third kappa shape index (κ3) is 3.40. The number of rotatable bonds is 6. The molecule has 0 aliphatic rings. The molecule has 1 aromatic heterocycles. The van der Waals surface area contributed by atoms with Crippen molar-refractivity contribution in [1.29, 1.82) is 0 Å². The summed E-state index contributed by atoms with van der Waals surface area (Å²) in [7, 11) is 0. The maximum atomic E-state index is 6.21. The number of nitrogens with zero attached hydrogens (tertiary/aromatic N) is 2. The zero-order chi connectivity index (χ0) is 12.1. The van der Waals surface area contributed by atoms with Gasteiger partial charge in [-0.15, -0.1) is 0 Å². The van der Waals surface area contributed by atoms with Crippen molar-refractivity contribution in [2.45, 2.75) is 39.1 Å².